The second kappa shape index (κ2) is 5.01. The zero-order valence-corrected chi connectivity index (χ0v) is 13.2. The fourth-order valence-electron chi connectivity index (χ4n) is 2.36. The average Bonchev–Trinajstić information content (AvgIpc) is 2.94. The first-order chi connectivity index (χ1) is 9.04. The van der Waals surface area contributed by atoms with Gasteiger partial charge in [0.05, 0.1) is 3.79 Å². The van der Waals surface area contributed by atoms with E-state index in [1.807, 2.05) is 12.1 Å². The molecule has 0 aliphatic heterocycles. The van der Waals surface area contributed by atoms with E-state index in [4.69, 9.17) is 0 Å². The molecule has 2 aromatic rings. The molecule has 1 N–H and O–H groups in total. The molecule has 0 atom stereocenters. The van der Waals surface area contributed by atoms with E-state index in [9.17, 15) is 8.42 Å². The Hall–Kier alpha value is -0.690. The lowest BCUT2D eigenvalue weighted by atomic mass is 10.1. The van der Waals surface area contributed by atoms with E-state index in [1.165, 1.54) is 22.5 Å². The summed E-state index contributed by atoms with van der Waals surface area (Å²) in [5.41, 5.74) is 2.48. The number of benzene rings is 1. The molecule has 1 aliphatic rings. The molecule has 100 valence electrons. The second-order valence-electron chi connectivity index (χ2n) is 4.55. The molecule has 19 heavy (non-hydrogen) atoms. The maximum Gasteiger partial charge on any atom is 0.250 e. The highest BCUT2D eigenvalue weighted by molar-refractivity contribution is 9.11. The Morgan fingerprint density at radius 3 is 2.26 bits per heavy atom. The van der Waals surface area contributed by atoms with Gasteiger partial charge in [0.2, 0.25) is 10.0 Å². The molecule has 1 heterocycles. The molecular formula is C13H12BrNO2S2. The monoisotopic (exact) mass is 357 g/mol. The number of rotatable bonds is 3. The van der Waals surface area contributed by atoms with Gasteiger partial charge in [0.15, 0.2) is 0 Å². The molecule has 6 heteroatoms. The van der Waals surface area contributed by atoms with E-state index in [0.717, 1.165) is 16.6 Å². The van der Waals surface area contributed by atoms with Crippen molar-refractivity contribution >= 4 is 37.3 Å². The van der Waals surface area contributed by atoms with Crippen LogP contribution >= 0.6 is 27.3 Å². The first-order valence-corrected chi connectivity index (χ1v) is 8.98. The third kappa shape index (κ3) is 2.76. The van der Waals surface area contributed by atoms with Crippen LogP contribution < -0.4 is 4.72 Å². The topological polar surface area (TPSA) is 46.2 Å². The van der Waals surface area contributed by atoms with Crippen LogP contribution in [0, 0.1) is 0 Å². The summed E-state index contributed by atoms with van der Waals surface area (Å²) in [6, 6.07) is 11.4. The molecule has 0 unspecified atom stereocenters. The molecule has 1 aliphatic carbocycles. The summed E-state index contributed by atoms with van der Waals surface area (Å²) in [4.78, 5) is 0. The smallest absolute Gasteiger partial charge is 0.207 e. The first kappa shape index (κ1) is 13.3. The Balaban J connectivity index is 1.77. The van der Waals surface area contributed by atoms with Crippen molar-refractivity contribution in [1.82, 2.24) is 4.72 Å². The first-order valence-electron chi connectivity index (χ1n) is 5.89. The fourth-order valence-corrected chi connectivity index (χ4v) is 5.62. The van der Waals surface area contributed by atoms with Crippen LogP contribution in [0.5, 0.6) is 0 Å². The predicted molar refractivity (Wildman–Crippen MR) is 80.0 cm³/mol. The molecule has 0 amide bonds. The number of halogens is 1. The van der Waals surface area contributed by atoms with Crippen molar-refractivity contribution in [2.45, 2.75) is 23.1 Å². The maximum absolute atomic E-state index is 12.2. The number of nitrogens with one attached hydrogen (secondary N) is 1. The number of hydrogen-bond acceptors (Lipinski definition) is 3. The molecule has 0 saturated carbocycles. The van der Waals surface area contributed by atoms with Crippen molar-refractivity contribution < 1.29 is 8.42 Å². The molecule has 0 saturated heterocycles. The molecule has 0 spiro atoms. The highest BCUT2D eigenvalue weighted by Gasteiger charge is 2.26. The maximum atomic E-state index is 12.2. The fraction of sp³-hybridized carbons (Fsp3) is 0.231. The van der Waals surface area contributed by atoms with Crippen molar-refractivity contribution in [2.24, 2.45) is 0 Å². The van der Waals surface area contributed by atoms with Gasteiger partial charge in [-0.15, -0.1) is 11.3 Å². The van der Waals surface area contributed by atoms with Gasteiger partial charge in [0.1, 0.15) is 4.21 Å². The van der Waals surface area contributed by atoms with Crippen LogP contribution in [0.25, 0.3) is 0 Å². The van der Waals surface area contributed by atoms with Crippen molar-refractivity contribution in [3.8, 4) is 0 Å². The number of hydrogen-bond donors (Lipinski definition) is 1. The van der Waals surface area contributed by atoms with E-state index in [1.54, 1.807) is 12.1 Å². The Kier molecular flexibility index (Phi) is 3.51. The third-order valence-electron chi connectivity index (χ3n) is 3.19. The number of fused-ring (bicyclic) bond motifs is 1. The van der Waals surface area contributed by atoms with E-state index in [-0.39, 0.29) is 6.04 Å². The Morgan fingerprint density at radius 1 is 1.11 bits per heavy atom. The quantitative estimate of drug-likeness (QED) is 0.917. The summed E-state index contributed by atoms with van der Waals surface area (Å²) >= 11 is 4.52. The molecule has 3 rings (SSSR count). The summed E-state index contributed by atoms with van der Waals surface area (Å²) in [5, 5.41) is 0. The largest absolute Gasteiger partial charge is 0.250 e. The molecule has 0 bridgehead atoms. The lowest BCUT2D eigenvalue weighted by molar-refractivity contribution is 0.557. The predicted octanol–water partition coefficient (Wildman–Crippen LogP) is 2.96. The van der Waals surface area contributed by atoms with Crippen LogP contribution in [0.3, 0.4) is 0 Å². The zero-order chi connectivity index (χ0) is 13.5. The average molecular weight is 358 g/mol. The van der Waals surface area contributed by atoms with E-state index in [0.29, 0.717) is 4.21 Å². The summed E-state index contributed by atoms with van der Waals surface area (Å²) in [6.07, 6.45) is 1.53. The summed E-state index contributed by atoms with van der Waals surface area (Å²) in [6.45, 7) is 0. The van der Waals surface area contributed by atoms with Gasteiger partial charge >= 0.3 is 0 Å². The van der Waals surface area contributed by atoms with Crippen LogP contribution in [-0.2, 0) is 22.9 Å². The van der Waals surface area contributed by atoms with Crippen molar-refractivity contribution in [3.05, 3.63) is 51.3 Å². The third-order valence-corrected chi connectivity index (χ3v) is 6.82. The van der Waals surface area contributed by atoms with Crippen LogP contribution in [0.2, 0.25) is 0 Å². The SMILES string of the molecule is O=S(=O)(NC1Cc2ccccc2C1)c1ccc(Br)s1. The van der Waals surface area contributed by atoms with Crippen molar-refractivity contribution in [2.75, 3.05) is 0 Å². The van der Waals surface area contributed by atoms with E-state index in [2.05, 4.69) is 32.8 Å². The minimum atomic E-state index is -3.40. The van der Waals surface area contributed by atoms with Crippen LogP contribution in [0.15, 0.2) is 44.4 Å². The van der Waals surface area contributed by atoms with Gasteiger partial charge < -0.3 is 0 Å². The zero-order valence-electron chi connectivity index (χ0n) is 9.97. The minimum Gasteiger partial charge on any atom is -0.207 e. The summed E-state index contributed by atoms with van der Waals surface area (Å²) < 4.78 is 28.4. The van der Waals surface area contributed by atoms with Crippen molar-refractivity contribution in [3.63, 3.8) is 0 Å². The Labute approximate surface area is 124 Å². The lowest BCUT2D eigenvalue weighted by Crippen LogP contribution is -2.34. The lowest BCUT2D eigenvalue weighted by Gasteiger charge is -2.11. The second-order valence-corrected chi connectivity index (χ2v) is 8.96. The van der Waals surface area contributed by atoms with Gasteiger partial charge in [-0.2, -0.15) is 0 Å². The Morgan fingerprint density at radius 2 is 1.74 bits per heavy atom. The highest BCUT2D eigenvalue weighted by Crippen LogP contribution is 2.28. The van der Waals surface area contributed by atoms with E-state index >= 15 is 0 Å². The van der Waals surface area contributed by atoms with Gasteiger partial charge in [-0.25, -0.2) is 13.1 Å². The molecule has 0 fully saturated rings. The molecular weight excluding hydrogens is 346 g/mol. The van der Waals surface area contributed by atoms with Gasteiger partial charge in [0.25, 0.3) is 0 Å². The van der Waals surface area contributed by atoms with Gasteiger partial charge in [0, 0.05) is 6.04 Å². The normalized spacial score (nSPS) is 15.6. The highest BCUT2D eigenvalue weighted by atomic mass is 79.9. The summed E-state index contributed by atoms with van der Waals surface area (Å²) in [7, 11) is -3.40. The van der Waals surface area contributed by atoms with Crippen LogP contribution in [-0.4, -0.2) is 14.5 Å². The molecule has 0 radical (unpaired) electrons. The van der Waals surface area contributed by atoms with Crippen LogP contribution in [0.1, 0.15) is 11.1 Å². The minimum absolute atomic E-state index is 0.0386. The summed E-state index contributed by atoms with van der Waals surface area (Å²) in [5.74, 6) is 0. The van der Waals surface area contributed by atoms with E-state index < -0.39 is 10.0 Å². The standard InChI is InChI=1S/C13H12BrNO2S2/c14-12-5-6-13(18-12)19(16,17)15-11-7-9-3-1-2-4-10(9)8-11/h1-6,11,15H,7-8H2. The van der Waals surface area contributed by atoms with Crippen LogP contribution in [0.4, 0.5) is 0 Å². The molecule has 1 aromatic heterocycles. The van der Waals surface area contributed by atoms with Crippen molar-refractivity contribution in [1.29, 1.82) is 0 Å². The van der Waals surface area contributed by atoms with Gasteiger partial charge in [-0.3, -0.25) is 0 Å². The Bertz CT molecular complexity index is 684. The molecule has 1 aromatic carbocycles. The number of thiophene rings is 1. The number of sulfonamides is 1. The van der Waals surface area contributed by atoms with Gasteiger partial charge in [-0.05, 0) is 52.0 Å². The molecule has 3 nitrogen and oxygen atoms in total. The van der Waals surface area contributed by atoms with Gasteiger partial charge in [-0.1, -0.05) is 24.3 Å².